The Hall–Kier alpha value is -1.15. The number of nitrogens with zero attached hydrogens (tertiary/aromatic N) is 4. The summed E-state index contributed by atoms with van der Waals surface area (Å²) < 4.78 is 1.77. The van der Waals surface area contributed by atoms with Crippen molar-refractivity contribution >= 4 is 17.6 Å². The van der Waals surface area contributed by atoms with Crippen molar-refractivity contribution in [2.75, 3.05) is 30.5 Å². The fraction of sp³-hybridized carbons (Fsp3) is 0.600. The fourth-order valence-corrected chi connectivity index (χ4v) is 2.01. The molecule has 0 amide bonds. The van der Waals surface area contributed by atoms with E-state index in [9.17, 15) is 0 Å². The van der Waals surface area contributed by atoms with E-state index in [1.54, 1.807) is 16.4 Å². The zero-order chi connectivity index (χ0) is 11.4. The van der Waals surface area contributed by atoms with E-state index >= 15 is 0 Å². The van der Waals surface area contributed by atoms with Gasteiger partial charge in [-0.15, -0.1) is 0 Å². The Kier molecular flexibility index (Phi) is 4.04. The SMILES string of the molecule is CSCCN(C)c1c(C#N)c(C)nn1C. The van der Waals surface area contributed by atoms with Crippen LogP contribution in [0, 0.1) is 18.3 Å². The van der Waals surface area contributed by atoms with Crippen molar-refractivity contribution in [1.82, 2.24) is 9.78 Å². The summed E-state index contributed by atoms with van der Waals surface area (Å²) in [6.45, 7) is 2.79. The van der Waals surface area contributed by atoms with E-state index in [1.807, 2.05) is 21.0 Å². The maximum Gasteiger partial charge on any atom is 0.144 e. The Labute approximate surface area is 94.9 Å². The van der Waals surface area contributed by atoms with E-state index in [1.165, 1.54) is 0 Å². The maximum absolute atomic E-state index is 9.05. The Morgan fingerprint density at radius 3 is 2.80 bits per heavy atom. The molecule has 1 aromatic heterocycles. The topological polar surface area (TPSA) is 44.9 Å². The van der Waals surface area contributed by atoms with Crippen molar-refractivity contribution in [2.24, 2.45) is 7.05 Å². The van der Waals surface area contributed by atoms with Crippen LogP contribution in [0.25, 0.3) is 0 Å². The number of aromatic nitrogens is 2. The van der Waals surface area contributed by atoms with Crippen LogP contribution in [-0.4, -0.2) is 35.4 Å². The van der Waals surface area contributed by atoms with Gasteiger partial charge in [-0.2, -0.15) is 22.1 Å². The number of hydrogen-bond acceptors (Lipinski definition) is 4. The molecule has 0 aromatic carbocycles. The third-order valence-corrected chi connectivity index (χ3v) is 2.89. The molecule has 1 aromatic rings. The van der Waals surface area contributed by atoms with Gasteiger partial charge < -0.3 is 4.90 Å². The van der Waals surface area contributed by atoms with Crippen LogP contribution in [0.1, 0.15) is 11.3 Å². The molecule has 0 saturated heterocycles. The molecule has 0 N–H and O–H groups in total. The number of nitriles is 1. The molecular formula is C10H16N4S. The molecule has 1 rings (SSSR count). The number of hydrogen-bond donors (Lipinski definition) is 0. The molecule has 0 atom stereocenters. The van der Waals surface area contributed by atoms with Crippen LogP contribution in [0.15, 0.2) is 0 Å². The van der Waals surface area contributed by atoms with E-state index < -0.39 is 0 Å². The first-order chi connectivity index (χ1) is 7.11. The van der Waals surface area contributed by atoms with Gasteiger partial charge in [0.1, 0.15) is 17.5 Å². The summed E-state index contributed by atoms with van der Waals surface area (Å²) in [5, 5.41) is 13.3. The standard InChI is InChI=1S/C10H16N4S/c1-8-9(7-11)10(14(3)12-8)13(2)5-6-15-4/h5-6H2,1-4H3. The van der Waals surface area contributed by atoms with Gasteiger partial charge in [-0.1, -0.05) is 0 Å². The third-order valence-electron chi connectivity index (χ3n) is 2.30. The van der Waals surface area contributed by atoms with Gasteiger partial charge in [0.2, 0.25) is 0 Å². The van der Waals surface area contributed by atoms with Crippen molar-refractivity contribution in [3.63, 3.8) is 0 Å². The molecule has 0 radical (unpaired) electrons. The smallest absolute Gasteiger partial charge is 0.144 e. The minimum atomic E-state index is 0.682. The Bertz CT molecular complexity index is 378. The molecular weight excluding hydrogens is 208 g/mol. The quantitative estimate of drug-likeness (QED) is 0.775. The molecule has 15 heavy (non-hydrogen) atoms. The van der Waals surface area contributed by atoms with Crippen LogP contribution < -0.4 is 4.90 Å². The van der Waals surface area contributed by atoms with Gasteiger partial charge in [-0.25, -0.2) is 0 Å². The predicted molar refractivity (Wildman–Crippen MR) is 64.3 cm³/mol. The van der Waals surface area contributed by atoms with E-state index in [4.69, 9.17) is 5.26 Å². The fourth-order valence-electron chi connectivity index (χ4n) is 1.55. The Morgan fingerprint density at radius 1 is 1.60 bits per heavy atom. The number of rotatable bonds is 4. The second-order valence-electron chi connectivity index (χ2n) is 3.43. The van der Waals surface area contributed by atoms with Crippen LogP contribution in [-0.2, 0) is 7.05 Å². The lowest BCUT2D eigenvalue weighted by Gasteiger charge is -2.18. The van der Waals surface area contributed by atoms with Crippen LogP contribution in [0.5, 0.6) is 0 Å². The van der Waals surface area contributed by atoms with Crippen LogP contribution in [0.3, 0.4) is 0 Å². The van der Waals surface area contributed by atoms with E-state index in [2.05, 4.69) is 22.3 Å². The number of thioether (sulfide) groups is 1. The third kappa shape index (κ3) is 2.45. The summed E-state index contributed by atoms with van der Waals surface area (Å²) in [7, 11) is 3.87. The van der Waals surface area contributed by atoms with Crippen molar-refractivity contribution < 1.29 is 0 Å². The first kappa shape index (κ1) is 11.9. The molecule has 0 saturated carbocycles. The molecule has 0 spiro atoms. The summed E-state index contributed by atoms with van der Waals surface area (Å²) >= 11 is 1.80. The summed E-state index contributed by atoms with van der Waals surface area (Å²) in [6.07, 6.45) is 2.08. The lowest BCUT2D eigenvalue weighted by atomic mass is 10.2. The van der Waals surface area contributed by atoms with Gasteiger partial charge in [0.25, 0.3) is 0 Å². The van der Waals surface area contributed by atoms with E-state index in [-0.39, 0.29) is 0 Å². The number of anilines is 1. The van der Waals surface area contributed by atoms with Crippen molar-refractivity contribution in [3.8, 4) is 6.07 Å². The largest absolute Gasteiger partial charge is 0.358 e. The molecule has 0 bridgehead atoms. The van der Waals surface area contributed by atoms with Crippen LogP contribution >= 0.6 is 11.8 Å². The lowest BCUT2D eigenvalue weighted by Crippen LogP contribution is -2.23. The molecule has 5 heteroatoms. The summed E-state index contributed by atoms with van der Waals surface area (Å²) in [6, 6.07) is 2.21. The minimum Gasteiger partial charge on any atom is -0.358 e. The normalized spacial score (nSPS) is 10.1. The molecule has 0 aliphatic rings. The monoisotopic (exact) mass is 224 g/mol. The zero-order valence-corrected chi connectivity index (χ0v) is 10.4. The van der Waals surface area contributed by atoms with E-state index in [0.717, 1.165) is 23.8 Å². The van der Waals surface area contributed by atoms with E-state index in [0.29, 0.717) is 5.56 Å². The predicted octanol–water partition coefficient (Wildman–Crippen LogP) is 1.40. The highest BCUT2D eigenvalue weighted by molar-refractivity contribution is 7.98. The highest BCUT2D eigenvalue weighted by Gasteiger charge is 2.15. The van der Waals surface area contributed by atoms with Gasteiger partial charge in [0, 0.05) is 26.4 Å². The first-order valence-corrected chi connectivity index (χ1v) is 6.15. The second kappa shape index (κ2) is 5.08. The molecule has 1 heterocycles. The van der Waals surface area contributed by atoms with Crippen LogP contribution in [0.2, 0.25) is 0 Å². The highest BCUT2D eigenvalue weighted by atomic mass is 32.2. The second-order valence-corrected chi connectivity index (χ2v) is 4.42. The van der Waals surface area contributed by atoms with Crippen molar-refractivity contribution in [1.29, 1.82) is 5.26 Å². The van der Waals surface area contributed by atoms with Crippen molar-refractivity contribution in [3.05, 3.63) is 11.3 Å². The molecule has 4 nitrogen and oxygen atoms in total. The Balaban J connectivity index is 2.97. The summed E-state index contributed by atoms with van der Waals surface area (Å²) in [4.78, 5) is 2.08. The van der Waals surface area contributed by atoms with Gasteiger partial charge in [0.15, 0.2) is 0 Å². The molecule has 0 aliphatic heterocycles. The average molecular weight is 224 g/mol. The zero-order valence-electron chi connectivity index (χ0n) is 9.61. The molecule has 82 valence electrons. The summed E-state index contributed by atoms with van der Waals surface area (Å²) in [5.41, 5.74) is 1.48. The average Bonchev–Trinajstić information content (AvgIpc) is 2.49. The van der Waals surface area contributed by atoms with Gasteiger partial charge >= 0.3 is 0 Å². The lowest BCUT2D eigenvalue weighted by molar-refractivity contribution is 0.734. The highest BCUT2D eigenvalue weighted by Crippen LogP contribution is 2.20. The molecule has 0 aliphatic carbocycles. The molecule has 0 unspecified atom stereocenters. The van der Waals surface area contributed by atoms with Crippen LogP contribution in [0.4, 0.5) is 5.82 Å². The van der Waals surface area contributed by atoms with Gasteiger partial charge in [0.05, 0.1) is 5.69 Å². The maximum atomic E-state index is 9.05. The summed E-state index contributed by atoms with van der Waals surface area (Å²) in [5.74, 6) is 1.95. The first-order valence-electron chi connectivity index (χ1n) is 4.75. The molecule has 0 fully saturated rings. The minimum absolute atomic E-state index is 0.682. The van der Waals surface area contributed by atoms with Gasteiger partial charge in [-0.3, -0.25) is 4.68 Å². The Morgan fingerprint density at radius 2 is 2.27 bits per heavy atom. The van der Waals surface area contributed by atoms with Gasteiger partial charge in [-0.05, 0) is 13.2 Å². The number of aryl methyl sites for hydroxylation is 2. The van der Waals surface area contributed by atoms with Crippen molar-refractivity contribution in [2.45, 2.75) is 6.92 Å².